The minimum Gasteiger partial charge on any atom is -0.497 e. The predicted octanol–water partition coefficient (Wildman–Crippen LogP) is 1.55. The molecular formula is C19H26N2O6. The van der Waals surface area contributed by atoms with Crippen LogP contribution in [-0.4, -0.2) is 77.2 Å². The van der Waals surface area contributed by atoms with E-state index in [0.29, 0.717) is 0 Å². The summed E-state index contributed by atoms with van der Waals surface area (Å²) in [5, 5.41) is 14.8. The van der Waals surface area contributed by atoms with E-state index in [1.807, 2.05) is 29.2 Å². The Labute approximate surface area is 158 Å². The first-order valence-corrected chi connectivity index (χ1v) is 9.06. The van der Waals surface area contributed by atoms with Gasteiger partial charge in [0.1, 0.15) is 5.75 Å². The lowest BCUT2D eigenvalue weighted by atomic mass is 10.1. The third-order valence-electron chi connectivity index (χ3n) is 4.94. The first kappa shape index (κ1) is 20.7. The summed E-state index contributed by atoms with van der Waals surface area (Å²) in [6.45, 7) is 3.71. The summed E-state index contributed by atoms with van der Waals surface area (Å²) in [4.78, 5) is 35.3. The van der Waals surface area contributed by atoms with Crippen LogP contribution >= 0.6 is 0 Å². The zero-order valence-electron chi connectivity index (χ0n) is 15.5. The standard InChI is InChI=1S/C17H24N2O2.C2H2O4/c1-21-16-8-4-5-14(13-16)17(20)19-11-9-18(10-12-19)15-6-2-3-7-15;3-1(4)2(5)6/h4-5,8,13,15H,2-3,6-7,9-12H2,1H3;(H,3,4)(H,5,6). The van der Waals surface area contributed by atoms with E-state index in [4.69, 9.17) is 24.5 Å². The molecule has 1 amide bonds. The summed E-state index contributed by atoms with van der Waals surface area (Å²) in [5.41, 5.74) is 0.726. The fraction of sp³-hybridized carbons (Fsp3) is 0.526. The smallest absolute Gasteiger partial charge is 0.414 e. The van der Waals surface area contributed by atoms with Crippen LogP contribution in [0.15, 0.2) is 24.3 Å². The third-order valence-corrected chi connectivity index (χ3v) is 4.94. The highest BCUT2D eigenvalue weighted by molar-refractivity contribution is 6.27. The molecule has 0 unspecified atom stereocenters. The summed E-state index contributed by atoms with van der Waals surface area (Å²) in [6.07, 6.45) is 5.41. The molecule has 3 rings (SSSR count). The number of aliphatic carboxylic acids is 2. The maximum Gasteiger partial charge on any atom is 0.414 e. The molecule has 1 saturated carbocycles. The minimum atomic E-state index is -1.82. The zero-order valence-corrected chi connectivity index (χ0v) is 15.5. The van der Waals surface area contributed by atoms with Crippen LogP contribution in [0.4, 0.5) is 0 Å². The van der Waals surface area contributed by atoms with Crippen molar-refractivity contribution in [2.45, 2.75) is 31.7 Å². The average Bonchev–Trinajstić information content (AvgIpc) is 3.23. The Morgan fingerprint density at radius 1 is 1.00 bits per heavy atom. The van der Waals surface area contributed by atoms with E-state index in [9.17, 15) is 4.79 Å². The molecule has 8 nitrogen and oxygen atoms in total. The second-order valence-electron chi connectivity index (χ2n) is 6.61. The number of hydrogen-bond donors (Lipinski definition) is 2. The van der Waals surface area contributed by atoms with Crippen molar-refractivity contribution in [3.8, 4) is 5.75 Å². The summed E-state index contributed by atoms with van der Waals surface area (Å²) >= 11 is 0. The lowest BCUT2D eigenvalue weighted by Gasteiger charge is -2.38. The number of nitrogens with zero attached hydrogens (tertiary/aromatic N) is 2. The van der Waals surface area contributed by atoms with E-state index >= 15 is 0 Å². The Kier molecular flexibility index (Phi) is 7.60. The fourth-order valence-corrected chi connectivity index (χ4v) is 3.50. The number of carboxylic acids is 2. The van der Waals surface area contributed by atoms with Crippen molar-refractivity contribution in [2.24, 2.45) is 0 Å². The summed E-state index contributed by atoms with van der Waals surface area (Å²) in [7, 11) is 1.63. The van der Waals surface area contributed by atoms with Crippen molar-refractivity contribution < 1.29 is 29.3 Å². The molecule has 0 atom stereocenters. The lowest BCUT2D eigenvalue weighted by molar-refractivity contribution is -0.159. The van der Waals surface area contributed by atoms with Gasteiger partial charge in [-0.3, -0.25) is 9.69 Å². The molecule has 1 aromatic carbocycles. The molecule has 1 aliphatic heterocycles. The first-order valence-electron chi connectivity index (χ1n) is 9.06. The summed E-state index contributed by atoms with van der Waals surface area (Å²) < 4.78 is 5.20. The topological polar surface area (TPSA) is 107 Å². The van der Waals surface area contributed by atoms with Crippen LogP contribution < -0.4 is 4.74 Å². The molecule has 1 aliphatic carbocycles. The molecule has 2 N–H and O–H groups in total. The quantitative estimate of drug-likeness (QED) is 0.769. The number of methoxy groups -OCH3 is 1. The number of hydrogen-bond acceptors (Lipinski definition) is 5. The van der Waals surface area contributed by atoms with E-state index < -0.39 is 11.9 Å². The Morgan fingerprint density at radius 3 is 2.11 bits per heavy atom. The van der Waals surface area contributed by atoms with Gasteiger partial charge in [0.25, 0.3) is 5.91 Å². The van der Waals surface area contributed by atoms with Gasteiger partial charge in [0, 0.05) is 37.8 Å². The number of carboxylic acid groups (broad SMARTS) is 2. The highest BCUT2D eigenvalue weighted by Crippen LogP contribution is 2.24. The number of carbonyl (C=O) groups is 3. The van der Waals surface area contributed by atoms with Gasteiger partial charge >= 0.3 is 11.9 Å². The first-order chi connectivity index (χ1) is 12.9. The summed E-state index contributed by atoms with van der Waals surface area (Å²) in [6, 6.07) is 8.20. The number of benzene rings is 1. The van der Waals surface area contributed by atoms with Gasteiger partial charge in [0.2, 0.25) is 0 Å². The van der Waals surface area contributed by atoms with Crippen LogP contribution in [-0.2, 0) is 9.59 Å². The normalized spacial score (nSPS) is 17.7. The van der Waals surface area contributed by atoms with Gasteiger partial charge in [0.15, 0.2) is 0 Å². The van der Waals surface area contributed by atoms with Crippen LogP contribution in [0.5, 0.6) is 5.75 Å². The third kappa shape index (κ3) is 5.96. The molecule has 1 heterocycles. The van der Waals surface area contributed by atoms with Gasteiger partial charge in [-0.05, 0) is 31.0 Å². The van der Waals surface area contributed by atoms with Crippen LogP contribution in [0.3, 0.4) is 0 Å². The van der Waals surface area contributed by atoms with Gasteiger partial charge in [-0.1, -0.05) is 18.9 Å². The second kappa shape index (κ2) is 9.91. The van der Waals surface area contributed by atoms with E-state index in [2.05, 4.69) is 4.90 Å². The molecule has 0 bridgehead atoms. The van der Waals surface area contributed by atoms with Crippen LogP contribution in [0.25, 0.3) is 0 Å². The molecule has 0 radical (unpaired) electrons. The van der Waals surface area contributed by atoms with Gasteiger partial charge in [-0.2, -0.15) is 0 Å². The second-order valence-corrected chi connectivity index (χ2v) is 6.61. The molecule has 1 aromatic rings. The van der Waals surface area contributed by atoms with Crippen molar-refractivity contribution in [1.82, 2.24) is 9.80 Å². The average molecular weight is 378 g/mol. The van der Waals surface area contributed by atoms with Crippen molar-refractivity contribution in [2.75, 3.05) is 33.3 Å². The number of rotatable bonds is 3. The fourth-order valence-electron chi connectivity index (χ4n) is 3.50. The lowest BCUT2D eigenvalue weighted by Crippen LogP contribution is -2.51. The molecule has 8 heteroatoms. The highest BCUT2D eigenvalue weighted by Gasteiger charge is 2.28. The van der Waals surface area contributed by atoms with Crippen molar-refractivity contribution in [3.05, 3.63) is 29.8 Å². The van der Waals surface area contributed by atoms with Crippen molar-refractivity contribution in [1.29, 1.82) is 0 Å². The van der Waals surface area contributed by atoms with Gasteiger partial charge in [-0.15, -0.1) is 0 Å². The van der Waals surface area contributed by atoms with E-state index in [1.54, 1.807) is 7.11 Å². The van der Waals surface area contributed by atoms with Gasteiger partial charge in [-0.25, -0.2) is 9.59 Å². The molecular weight excluding hydrogens is 352 g/mol. The number of amides is 1. The molecule has 0 spiro atoms. The largest absolute Gasteiger partial charge is 0.497 e. The van der Waals surface area contributed by atoms with Crippen LogP contribution in [0, 0.1) is 0 Å². The van der Waals surface area contributed by atoms with E-state index in [0.717, 1.165) is 43.5 Å². The predicted molar refractivity (Wildman–Crippen MR) is 98.0 cm³/mol. The molecule has 27 heavy (non-hydrogen) atoms. The molecule has 2 fully saturated rings. The van der Waals surface area contributed by atoms with E-state index in [1.165, 1.54) is 25.7 Å². The maximum atomic E-state index is 12.5. The Bertz CT molecular complexity index is 652. The van der Waals surface area contributed by atoms with Gasteiger partial charge in [0.05, 0.1) is 7.11 Å². The van der Waals surface area contributed by atoms with Crippen LogP contribution in [0.2, 0.25) is 0 Å². The number of carbonyl (C=O) groups excluding carboxylic acids is 1. The Balaban J connectivity index is 0.000000380. The molecule has 2 aliphatic rings. The molecule has 0 aromatic heterocycles. The number of ether oxygens (including phenoxy) is 1. The van der Waals surface area contributed by atoms with E-state index in [-0.39, 0.29) is 5.91 Å². The monoisotopic (exact) mass is 378 g/mol. The maximum absolute atomic E-state index is 12.5. The minimum absolute atomic E-state index is 0.125. The van der Waals surface area contributed by atoms with Crippen LogP contribution in [0.1, 0.15) is 36.0 Å². The molecule has 148 valence electrons. The zero-order chi connectivity index (χ0) is 19.8. The number of piperazine rings is 1. The van der Waals surface area contributed by atoms with Crippen molar-refractivity contribution in [3.63, 3.8) is 0 Å². The molecule has 1 saturated heterocycles. The van der Waals surface area contributed by atoms with Crippen molar-refractivity contribution >= 4 is 17.8 Å². The highest BCUT2D eigenvalue weighted by atomic mass is 16.5. The Hall–Kier alpha value is -2.61. The van der Waals surface area contributed by atoms with Gasteiger partial charge < -0.3 is 19.8 Å². The SMILES string of the molecule is COc1cccc(C(=O)N2CCN(C3CCCC3)CC2)c1.O=C(O)C(=O)O. The Morgan fingerprint density at radius 2 is 1.59 bits per heavy atom. The summed E-state index contributed by atoms with van der Waals surface area (Å²) in [5.74, 6) is -2.78.